The van der Waals surface area contributed by atoms with Crippen LogP contribution in [0.15, 0.2) is 24.3 Å². The molecule has 1 atom stereocenters. The summed E-state index contributed by atoms with van der Waals surface area (Å²) in [4.78, 5) is 13.4. The van der Waals surface area contributed by atoms with E-state index >= 15 is 0 Å². The summed E-state index contributed by atoms with van der Waals surface area (Å²) in [7, 11) is 1.78. The maximum absolute atomic E-state index is 11.7. The summed E-state index contributed by atoms with van der Waals surface area (Å²) in [6, 6.07) is 7.81. The van der Waals surface area contributed by atoms with Crippen molar-refractivity contribution in [2.75, 3.05) is 11.9 Å². The van der Waals surface area contributed by atoms with E-state index < -0.39 is 0 Å². The lowest BCUT2D eigenvalue weighted by atomic mass is 10.2. The van der Waals surface area contributed by atoms with E-state index in [2.05, 4.69) is 0 Å². The fourth-order valence-corrected chi connectivity index (χ4v) is 1.64. The van der Waals surface area contributed by atoms with E-state index in [-0.39, 0.29) is 12.0 Å². The van der Waals surface area contributed by atoms with Crippen molar-refractivity contribution in [2.24, 2.45) is 0 Å². The summed E-state index contributed by atoms with van der Waals surface area (Å²) in [5.74, 6) is 0.00921. The van der Waals surface area contributed by atoms with E-state index in [0.29, 0.717) is 6.61 Å². The molecule has 0 spiro atoms. The monoisotopic (exact) mass is 191 g/mol. The minimum absolute atomic E-state index is 0.00921. The molecular formula is C11H13NO2. The van der Waals surface area contributed by atoms with Gasteiger partial charge in [0.2, 0.25) is 0 Å². The largest absolute Gasteiger partial charge is 0.364 e. The van der Waals surface area contributed by atoms with E-state index in [1.165, 1.54) is 0 Å². The third-order valence-corrected chi connectivity index (χ3v) is 2.52. The maximum Gasteiger partial charge on any atom is 0.255 e. The van der Waals surface area contributed by atoms with Gasteiger partial charge >= 0.3 is 0 Å². The van der Waals surface area contributed by atoms with Crippen molar-refractivity contribution in [3.63, 3.8) is 0 Å². The third kappa shape index (κ3) is 1.40. The number of benzene rings is 1. The first-order valence-corrected chi connectivity index (χ1v) is 4.67. The number of hydrogen-bond donors (Lipinski definition) is 0. The normalized spacial score (nSPS) is 21.7. The van der Waals surface area contributed by atoms with Gasteiger partial charge in [-0.1, -0.05) is 18.2 Å². The van der Waals surface area contributed by atoms with Crippen LogP contribution in [0.2, 0.25) is 0 Å². The summed E-state index contributed by atoms with van der Waals surface area (Å²) in [6.07, 6.45) is -0.354. The molecule has 1 aromatic rings. The van der Waals surface area contributed by atoms with Crippen LogP contribution in [-0.2, 0) is 16.1 Å². The molecule has 3 heteroatoms. The highest BCUT2D eigenvalue weighted by atomic mass is 16.5. The van der Waals surface area contributed by atoms with Crippen LogP contribution in [0.5, 0.6) is 0 Å². The van der Waals surface area contributed by atoms with Gasteiger partial charge in [0.1, 0.15) is 6.10 Å². The number of carbonyl (C=O) groups excluding carboxylic acids is 1. The van der Waals surface area contributed by atoms with Crippen LogP contribution in [0.4, 0.5) is 5.69 Å². The Hall–Kier alpha value is -1.35. The van der Waals surface area contributed by atoms with Crippen LogP contribution >= 0.6 is 0 Å². The van der Waals surface area contributed by atoms with Crippen LogP contribution in [0, 0.1) is 0 Å². The van der Waals surface area contributed by atoms with Gasteiger partial charge in [-0.2, -0.15) is 0 Å². The number of likely N-dealkylation sites (N-methyl/N-ethyl adjacent to an activating group) is 1. The highest BCUT2D eigenvalue weighted by Crippen LogP contribution is 2.24. The first-order chi connectivity index (χ1) is 6.70. The Morgan fingerprint density at radius 3 is 2.93 bits per heavy atom. The number of anilines is 1. The van der Waals surface area contributed by atoms with Crippen molar-refractivity contribution in [3.8, 4) is 0 Å². The lowest BCUT2D eigenvalue weighted by Gasteiger charge is -2.18. The number of para-hydroxylation sites is 1. The molecule has 1 amide bonds. The molecule has 0 saturated heterocycles. The van der Waals surface area contributed by atoms with Crippen LogP contribution in [0.25, 0.3) is 0 Å². The van der Waals surface area contributed by atoms with E-state index in [0.717, 1.165) is 11.3 Å². The molecule has 14 heavy (non-hydrogen) atoms. The molecule has 0 bridgehead atoms. The van der Waals surface area contributed by atoms with Crippen molar-refractivity contribution < 1.29 is 9.53 Å². The van der Waals surface area contributed by atoms with Crippen LogP contribution in [-0.4, -0.2) is 19.1 Å². The molecule has 1 aliphatic rings. The Morgan fingerprint density at radius 1 is 1.43 bits per heavy atom. The van der Waals surface area contributed by atoms with Crippen LogP contribution < -0.4 is 4.90 Å². The number of ether oxygens (including phenoxy) is 1. The zero-order chi connectivity index (χ0) is 10.1. The molecule has 0 aliphatic carbocycles. The molecule has 1 aromatic carbocycles. The molecule has 3 nitrogen and oxygen atoms in total. The zero-order valence-corrected chi connectivity index (χ0v) is 8.36. The van der Waals surface area contributed by atoms with Crippen molar-refractivity contribution in [1.82, 2.24) is 0 Å². The summed E-state index contributed by atoms with van der Waals surface area (Å²) >= 11 is 0. The molecule has 1 unspecified atom stereocenters. The van der Waals surface area contributed by atoms with Crippen molar-refractivity contribution in [3.05, 3.63) is 29.8 Å². The number of fused-ring (bicyclic) bond motifs is 1. The molecular weight excluding hydrogens is 178 g/mol. The van der Waals surface area contributed by atoms with Gasteiger partial charge in [-0.25, -0.2) is 0 Å². The van der Waals surface area contributed by atoms with Gasteiger partial charge < -0.3 is 9.64 Å². The Morgan fingerprint density at radius 2 is 2.14 bits per heavy atom. The van der Waals surface area contributed by atoms with E-state index in [1.807, 2.05) is 24.3 Å². The van der Waals surface area contributed by atoms with Gasteiger partial charge in [0.05, 0.1) is 6.61 Å². The van der Waals surface area contributed by atoms with Crippen molar-refractivity contribution >= 4 is 11.6 Å². The lowest BCUT2D eigenvalue weighted by molar-refractivity contribution is -0.128. The number of hydrogen-bond acceptors (Lipinski definition) is 2. The lowest BCUT2D eigenvalue weighted by Crippen LogP contribution is -2.34. The van der Waals surface area contributed by atoms with E-state index in [4.69, 9.17) is 4.74 Å². The first kappa shape index (κ1) is 9.21. The summed E-state index contributed by atoms with van der Waals surface area (Å²) < 4.78 is 5.42. The summed E-state index contributed by atoms with van der Waals surface area (Å²) in [5.41, 5.74) is 2.01. The Balaban J connectivity index is 2.45. The number of nitrogens with zero attached hydrogens (tertiary/aromatic N) is 1. The highest BCUT2D eigenvalue weighted by Gasteiger charge is 2.24. The molecule has 0 saturated carbocycles. The van der Waals surface area contributed by atoms with Gasteiger partial charge in [0.25, 0.3) is 5.91 Å². The van der Waals surface area contributed by atoms with Gasteiger partial charge in [-0.05, 0) is 13.0 Å². The van der Waals surface area contributed by atoms with Crippen LogP contribution in [0.3, 0.4) is 0 Å². The van der Waals surface area contributed by atoms with Crippen molar-refractivity contribution in [2.45, 2.75) is 19.6 Å². The molecule has 0 radical (unpaired) electrons. The second-order valence-corrected chi connectivity index (χ2v) is 3.48. The molecule has 2 rings (SSSR count). The van der Waals surface area contributed by atoms with Gasteiger partial charge in [0.15, 0.2) is 0 Å². The number of amides is 1. The Labute approximate surface area is 83.3 Å². The quantitative estimate of drug-likeness (QED) is 0.623. The average Bonchev–Trinajstić information content (AvgIpc) is 2.32. The first-order valence-electron chi connectivity index (χ1n) is 4.67. The molecule has 74 valence electrons. The minimum Gasteiger partial charge on any atom is -0.364 e. The van der Waals surface area contributed by atoms with E-state index in [9.17, 15) is 4.79 Å². The molecule has 1 heterocycles. The fraction of sp³-hybridized carbons (Fsp3) is 0.364. The second kappa shape index (κ2) is 3.42. The molecule has 0 N–H and O–H groups in total. The third-order valence-electron chi connectivity index (χ3n) is 2.52. The van der Waals surface area contributed by atoms with E-state index in [1.54, 1.807) is 18.9 Å². The Bertz CT molecular complexity index is 362. The zero-order valence-electron chi connectivity index (χ0n) is 8.36. The average molecular weight is 191 g/mol. The topological polar surface area (TPSA) is 29.5 Å². The van der Waals surface area contributed by atoms with Gasteiger partial charge in [-0.15, -0.1) is 0 Å². The van der Waals surface area contributed by atoms with Crippen molar-refractivity contribution in [1.29, 1.82) is 0 Å². The molecule has 1 aliphatic heterocycles. The molecule has 0 aromatic heterocycles. The smallest absolute Gasteiger partial charge is 0.255 e. The van der Waals surface area contributed by atoms with Gasteiger partial charge in [-0.3, -0.25) is 4.79 Å². The summed E-state index contributed by atoms with van der Waals surface area (Å²) in [5, 5.41) is 0. The molecule has 0 fully saturated rings. The fourth-order valence-electron chi connectivity index (χ4n) is 1.64. The number of rotatable bonds is 0. The minimum atomic E-state index is -0.354. The predicted octanol–water partition coefficient (Wildman–Crippen LogP) is 1.57. The van der Waals surface area contributed by atoms with Crippen LogP contribution in [0.1, 0.15) is 12.5 Å². The summed E-state index contributed by atoms with van der Waals surface area (Å²) in [6.45, 7) is 2.29. The maximum atomic E-state index is 11.7. The predicted molar refractivity (Wildman–Crippen MR) is 54.1 cm³/mol. The Kier molecular flexibility index (Phi) is 2.25. The highest BCUT2D eigenvalue weighted by molar-refractivity contribution is 5.96. The van der Waals surface area contributed by atoms with Gasteiger partial charge in [0, 0.05) is 18.3 Å². The SMILES string of the molecule is CC1OCc2ccccc2N(C)C1=O. The second-order valence-electron chi connectivity index (χ2n) is 3.48. The standard InChI is InChI=1S/C11H13NO2/c1-8-11(13)12(2)10-6-4-3-5-9(10)7-14-8/h3-6,8H,7H2,1-2H3. The number of carbonyl (C=O) groups is 1.